The maximum Gasteiger partial charge on any atom is 0.0940 e. The van der Waals surface area contributed by atoms with E-state index >= 15 is 0 Å². The van der Waals surface area contributed by atoms with Crippen molar-refractivity contribution in [3.8, 4) is 12.3 Å². The summed E-state index contributed by atoms with van der Waals surface area (Å²) in [4.78, 5) is 4.50. The summed E-state index contributed by atoms with van der Waals surface area (Å²) in [5, 5.41) is 0. The van der Waals surface area contributed by atoms with E-state index in [0.717, 1.165) is 31.5 Å². The zero-order chi connectivity index (χ0) is 11.0. The molecule has 14 heavy (non-hydrogen) atoms. The molecule has 0 heterocycles. The van der Waals surface area contributed by atoms with E-state index in [2.05, 4.69) is 31.7 Å². The smallest absolute Gasteiger partial charge is 0.0940 e. The van der Waals surface area contributed by atoms with Gasteiger partial charge in [0.15, 0.2) is 0 Å². The fourth-order valence-electron chi connectivity index (χ4n) is 1.31. The highest BCUT2D eigenvalue weighted by atomic mass is 14.9. The highest BCUT2D eigenvalue weighted by molar-refractivity contribution is 5.80. The fraction of sp³-hybridized carbons (Fsp3) is 0.750. The van der Waals surface area contributed by atoms with Crippen LogP contribution in [0.2, 0.25) is 0 Å². The van der Waals surface area contributed by atoms with Crippen molar-refractivity contribution >= 4 is 5.84 Å². The maximum atomic E-state index is 5.79. The number of amidine groups is 1. The van der Waals surface area contributed by atoms with Gasteiger partial charge in [-0.3, -0.25) is 4.99 Å². The molecule has 0 fully saturated rings. The van der Waals surface area contributed by atoms with Crippen LogP contribution in [0.5, 0.6) is 0 Å². The number of hydrogen-bond donors (Lipinski definition) is 1. The third-order valence-corrected chi connectivity index (χ3v) is 2.19. The first-order chi connectivity index (χ1) is 6.61. The Balaban J connectivity index is 4.21. The van der Waals surface area contributed by atoms with Crippen LogP contribution in [0.25, 0.3) is 0 Å². The second-order valence-corrected chi connectivity index (χ2v) is 3.92. The summed E-state index contributed by atoms with van der Waals surface area (Å²) in [6, 6.07) is 0.289. The van der Waals surface area contributed by atoms with E-state index in [1.165, 1.54) is 0 Å². The largest absolute Gasteiger partial charge is 0.387 e. The normalized spacial score (nSPS) is 14.1. The average Bonchev–Trinajstić information content (AvgIpc) is 2.12. The molecule has 0 aromatic rings. The van der Waals surface area contributed by atoms with E-state index in [4.69, 9.17) is 12.2 Å². The fourth-order valence-corrected chi connectivity index (χ4v) is 1.31. The van der Waals surface area contributed by atoms with E-state index in [0.29, 0.717) is 5.92 Å². The molecule has 2 heteroatoms. The first-order valence-electron chi connectivity index (χ1n) is 5.37. The Morgan fingerprint density at radius 2 is 2.14 bits per heavy atom. The van der Waals surface area contributed by atoms with Gasteiger partial charge in [0.25, 0.3) is 0 Å². The molecule has 1 atom stereocenters. The molecule has 0 aliphatic carbocycles. The van der Waals surface area contributed by atoms with Crippen molar-refractivity contribution in [3.63, 3.8) is 0 Å². The lowest BCUT2D eigenvalue weighted by molar-refractivity contribution is 0.471. The van der Waals surface area contributed by atoms with Gasteiger partial charge in [0.1, 0.15) is 0 Å². The summed E-state index contributed by atoms with van der Waals surface area (Å²) in [6.45, 7) is 6.42. The number of aliphatic imine (C=N–C) groups is 1. The van der Waals surface area contributed by atoms with Gasteiger partial charge in [-0.2, -0.15) is 0 Å². The number of nitrogens with two attached hydrogens (primary N) is 1. The molecule has 0 bridgehead atoms. The van der Waals surface area contributed by atoms with Crippen molar-refractivity contribution in [2.45, 2.75) is 52.5 Å². The van der Waals surface area contributed by atoms with E-state index < -0.39 is 0 Å². The van der Waals surface area contributed by atoms with Gasteiger partial charge in [-0.15, -0.1) is 12.3 Å². The summed E-state index contributed by atoms with van der Waals surface area (Å²) >= 11 is 0. The van der Waals surface area contributed by atoms with Crippen LogP contribution >= 0.6 is 0 Å². The maximum absolute atomic E-state index is 5.79. The molecule has 0 spiro atoms. The van der Waals surface area contributed by atoms with Crippen LogP contribution in [0.4, 0.5) is 0 Å². The number of hydrogen-bond acceptors (Lipinski definition) is 1. The Bertz CT molecular complexity index is 211. The van der Waals surface area contributed by atoms with Crippen LogP contribution in [0.15, 0.2) is 4.99 Å². The van der Waals surface area contributed by atoms with Crippen molar-refractivity contribution in [1.29, 1.82) is 0 Å². The van der Waals surface area contributed by atoms with Crippen LogP contribution < -0.4 is 5.73 Å². The lowest BCUT2D eigenvalue weighted by Crippen LogP contribution is -2.20. The Hall–Kier alpha value is -0.970. The molecule has 2 N–H and O–H groups in total. The summed E-state index contributed by atoms with van der Waals surface area (Å²) in [5.41, 5.74) is 5.79. The Morgan fingerprint density at radius 1 is 1.50 bits per heavy atom. The van der Waals surface area contributed by atoms with Gasteiger partial charge >= 0.3 is 0 Å². The van der Waals surface area contributed by atoms with E-state index in [9.17, 15) is 0 Å². The minimum absolute atomic E-state index is 0.289. The number of rotatable bonds is 6. The Kier molecular flexibility index (Phi) is 6.92. The molecule has 0 aliphatic heterocycles. The molecule has 0 saturated carbocycles. The molecule has 0 saturated heterocycles. The van der Waals surface area contributed by atoms with Gasteiger partial charge < -0.3 is 5.73 Å². The highest BCUT2D eigenvalue weighted by Crippen LogP contribution is 2.13. The highest BCUT2D eigenvalue weighted by Gasteiger charge is 2.11. The van der Waals surface area contributed by atoms with E-state index in [1.807, 2.05) is 0 Å². The quantitative estimate of drug-likeness (QED) is 0.394. The van der Waals surface area contributed by atoms with Crippen molar-refractivity contribution in [1.82, 2.24) is 0 Å². The lowest BCUT2D eigenvalue weighted by Gasteiger charge is -2.16. The Labute approximate surface area is 88.0 Å². The van der Waals surface area contributed by atoms with Crippen LogP contribution in [-0.4, -0.2) is 11.9 Å². The topological polar surface area (TPSA) is 38.4 Å². The zero-order valence-corrected chi connectivity index (χ0v) is 9.59. The van der Waals surface area contributed by atoms with Crippen LogP contribution in [0.1, 0.15) is 46.5 Å². The molecule has 0 aromatic carbocycles. The van der Waals surface area contributed by atoms with Gasteiger partial charge in [0, 0.05) is 12.8 Å². The van der Waals surface area contributed by atoms with Gasteiger partial charge in [0.05, 0.1) is 11.9 Å². The van der Waals surface area contributed by atoms with Crippen LogP contribution in [0, 0.1) is 18.3 Å². The van der Waals surface area contributed by atoms with Gasteiger partial charge in [0.2, 0.25) is 0 Å². The molecule has 80 valence electrons. The van der Waals surface area contributed by atoms with Crippen molar-refractivity contribution in [2.24, 2.45) is 16.6 Å². The predicted molar refractivity (Wildman–Crippen MR) is 63.2 cm³/mol. The lowest BCUT2D eigenvalue weighted by atomic mass is 10.00. The number of terminal acetylenes is 1. The van der Waals surface area contributed by atoms with Gasteiger partial charge in [-0.05, 0) is 18.8 Å². The predicted octanol–water partition coefficient (Wildman–Crippen LogP) is 2.58. The molecular weight excluding hydrogens is 172 g/mol. The van der Waals surface area contributed by atoms with Crippen molar-refractivity contribution in [2.75, 3.05) is 0 Å². The van der Waals surface area contributed by atoms with Crippen molar-refractivity contribution < 1.29 is 0 Å². The summed E-state index contributed by atoms with van der Waals surface area (Å²) in [6.07, 6.45) is 8.90. The molecule has 0 aromatic heterocycles. The third kappa shape index (κ3) is 5.64. The number of nitrogens with zero attached hydrogens (tertiary/aromatic N) is 1. The minimum atomic E-state index is 0.289. The molecule has 0 aliphatic rings. The molecular formula is C12H22N2. The first kappa shape index (κ1) is 13.0. The third-order valence-electron chi connectivity index (χ3n) is 2.19. The molecule has 0 amide bonds. The molecule has 1 unspecified atom stereocenters. The monoisotopic (exact) mass is 194 g/mol. The zero-order valence-electron chi connectivity index (χ0n) is 9.59. The molecule has 0 rings (SSSR count). The van der Waals surface area contributed by atoms with Crippen molar-refractivity contribution in [3.05, 3.63) is 0 Å². The van der Waals surface area contributed by atoms with E-state index in [-0.39, 0.29) is 6.04 Å². The standard InChI is InChI=1S/C12H22N2/c1-5-7-9-11(10(3)4)14-12(13)8-6-2/h1,10-11H,6-9H2,2-4H3,(H2,13,14). The molecule has 0 radical (unpaired) electrons. The molecule has 2 nitrogen and oxygen atoms in total. The second-order valence-electron chi connectivity index (χ2n) is 3.92. The minimum Gasteiger partial charge on any atom is -0.387 e. The SMILES string of the molecule is C#CCCC(N=C(N)CCC)C(C)C. The van der Waals surface area contributed by atoms with Crippen LogP contribution in [0.3, 0.4) is 0 Å². The van der Waals surface area contributed by atoms with Gasteiger partial charge in [-0.25, -0.2) is 0 Å². The summed E-state index contributed by atoms with van der Waals surface area (Å²) in [7, 11) is 0. The Morgan fingerprint density at radius 3 is 2.57 bits per heavy atom. The average molecular weight is 194 g/mol. The van der Waals surface area contributed by atoms with E-state index in [1.54, 1.807) is 0 Å². The van der Waals surface area contributed by atoms with Gasteiger partial charge in [-0.1, -0.05) is 20.8 Å². The summed E-state index contributed by atoms with van der Waals surface area (Å²) in [5.74, 6) is 3.93. The first-order valence-corrected chi connectivity index (χ1v) is 5.37. The van der Waals surface area contributed by atoms with Crippen LogP contribution in [-0.2, 0) is 0 Å². The second kappa shape index (κ2) is 7.44. The summed E-state index contributed by atoms with van der Waals surface area (Å²) < 4.78 is 0.